The minimum atomic E-state index is 0.225. The van der Waals surface area contributed by atoms with Gasteiger partial charge in [0.2, 0.25) is 0 Å². The molecule has 0 radical (unpaired) electrons. The van der Waals surface area contributed by atoms with Crippen LogP contribution in [0.25, 0.3) is 0 Å². The number of hydrogen-bond donors (Lipinski definition) is 0. The number of rotatable bonds is 2. The highest BCUT2D eigenvalue weighted by molar-refractivity contribution is 14.1. The number of hydrogen-bond acceptors (Lipinski definition) is 1. The fraction of sp³-hybridized carbons (Fsp3) is 0.800. The summed E-state index contributed by atoms with van der Waals surface area (Å²) in [5, 5.41) is 0. The fourth-order valence-electron chi connectivity index (χ4n) is 2.45. The van der Waals surface area contributed by atoms with Gasteiger partial charge in [-0.25, -0.2) is 0 Å². The van der Waals surface area contributed by atoms with Crippen molar-refractivity contribution in [2.45, 2.75) is 41.6 Å². The quantitative estimate of drug-likeness (QED) is 0.428. The van der Waals surface area contributed by atoms with Crippen LogP contribution in [0.5, 0.6) is 0 Å². The Morgan fingerprint density at radius 3 is 2.67 bits per heavy atom. The first-order chi connectivity index (χ1) is 5.68. The zero-order valence-corrected chi connectivity index (χ0v) is 9.63. The maximum Gasteiger partial charge on any atom is 0.0742 e. The summed E-state index contributed by atoms with van der Waals surface area (Å²) in [6.45, 7) is 2.96. The number of fused-ring (bicyclic) bond motifs is 2. The molecule has 1 fully saturated rings. The summed E-state index contributed by atoms with van der Waals surface area (Å²) in [5.41, 5.74) is 0.225. The second-order valence-electron chi connectivity index (χ2n) is 4.00. The van der Waals surface area contributed by atoms with E-state index in [9.17, 15) is 0 Å². The molecule has 0 spiro atoms. The van der Waals surface area contributed by atoms with Gasteiger partial charge in [0.15, 0.2) is 0 Å². The number of halogens is 1. The largest absolute Gasteiger partial charge is 0.375 e. The highest BCUT2D eigenvalue weighted by Gasteiger charge is 2.53. The molecule has 2 bridgehead atoms. The average Bonchev–Trinajstić information content (AvgIpc) is 2.17. The van der Waals surface area contributed by atoms with Crippen LogP contribution in [-0.4, -0.2) is 15.6 Å². The van der Waals surface area contributed by atoms with Crippen molar-refractivity contribution < 1.29 is 4.74 Å². The first kappa shape index (κ1) is 9.00. The lowest BCUT2D eigenvalue weighted by atomic mass is 9.69. The monoisotopic (exact) mass is 278 g/mol. The summed E-state index contributed by atoms with van der Waals surface area (Å²) in [5.74, 6) is 0. The third-order valence-corrected chi connectivity index (χ3v) is 4.07. The van der Waals surface area contributed by atoms with Gasteiger partial charge in [-0.15, -0.1) is 0 Å². The molecule has 0 aliphatic heterocycles. The van der Waals surface area contributed by atoms with Gasteiger partial charge < -0.3 is 4.74 Å². The van der Waals surface area contributed by atoms with Crippen LogP contribution in [0.1, 0.15) is 32.6 Å². The van der Waals surface area contributed by atoms with Gasteiger partial charge in [0, 0.05) is 10.0 Å². The van der Waals surface area contributed by atoms with Crippen LogP contribution in [0.2, 0.25) is 0 Å². The van der Waals surface area contributed by atoms with E-state index in [2.05, 4.69) is 41.7 Å². The highest BCUT2D eigenvalue weighted by atomic mass is 127. The lowest BCUT2D eigenvalue weighted by Crippen LogP contribution is -2.53. The van der Waals surface area contributed by atoms with Gasteiger partial charge in [-0.3, -0.25) is 0 Å². The summed E-state index contributed by atoms with van der Waals surface area (Å²) in [4.78, 5) is 0. The molecule has 3 rings (SSSR count). The Kier molecular flexibility index (Phi) is 2.24. The van der Waals surface area contributed by atoms with Gasteiger partial charge in [0.05, 0.1) is 5.60 Å². The van der Waals surface area contributed by atoms with Crippen LogP contribution in [-0.2, 0) is 4.74 Å². The molecule has 3 aliphatic rings. The van der Waals surface area contributed by atoms with Crippen molar-refractivity contribution in [1.29, 1.82) is 0 Å². The number of ether oxygens (including phenoxy) is 1. The van der Waals surface area contributed by atoms with Crippen molar-refractivity contribution in [3.05, 3.63) is 12.2 Å². The Labute approximate surface area is 87.7 Å². The summed E-state index contributed by atoms with van der Waals surface area (Å²) in [6, 6.07) is 0. The van der Waals surface area contributed by atoms with E-state index in [1.807, 2.05) is 0 Å². The first-order valence-corrected chi connectivity index (χ1v) is 5.74. The van der Waals surface area contributed by atoms with E-state index >= 15 is 0 Å². The zero-order valence-electron chi connectivity index (χ0n) is 7.48. The molecule has 3 aliphatic carbocycles. The molecule has 0 saturated heterocycles. The van der Waals surface area contributed by atoms with E-state index in [4.69, 9.17) is 4.74 Å². The first-order valence-electron chi connectivity index (χ1n) is 4.66. The second-order valence-corrected chi connectivity index (χ2v) is 6.29. The van der Waals surface area contributed by atoms with Crippen molar-refractivity contribution in [2.75, 3.05) is 6.61 Å². The molecule has 0 atom stereocenters. The Morgan fingerprint density at radius 1 is 1.33 bits per heavy atom. The van der Waals surface area contributed by atoms with Crippen LogP contribution >= 0.6 is 22.6 Å². The molecule has 1 saturated carbocycles. The predicted molar refractivity (Wildman–Crippen MR) is 58.7 cm³/mol. The molecule has 0 unspecified atom stereocenters. The lowest BCUT2D eigenvalue weighted by molar-refractivity contribution is -0.103. The summed E-state index contributed by atoms with van der Waals surface area (Å²) in [7, 11) is 0. The van der Waals surface area contributed by atoms with E-state index in [0.29, 0.717) is 3.42 Å². The maximum atomic E-state index is 5.83. The molecule has 0 aromatic carbocycles. The average molecular weight is 278 g/mol. The topological polar surface area (TPSA) is 9.23 Å². The minimum absolute atomic E-state index is 0.225. The van der Waals surface area contributed by atoms with Gasteiger partial charge in [0.25, 0.3) is 0 Å². The molecule has 0 aromatic heterocycles. The van der Waals surface area contributed by atoms with Crippen LogP contribution in [0.3, 0.4) is 0 Å². The summed E-state index contributed by atoms with van der Waals surface area (Å²) >= 11 is 2.60. The van der Waals surface area contributed by atoms with Gasteiger partial charge in [-0.05, 0) is 32.6 Å². The maximum absolute atomic E-state index is 5.83. The molecule has 2 heteroatoms. The van der Waals surface area contributed by atoms with E-state index in [1.165, 1.54) is 19.3 Å². The lowest BCUT2D eigenvalue weighted by Gasteiger charge is -2.51. The third-order valence-electron chi connectivity index (χ3n) is 2.87. The van der Waals surface area contributed by atoms with Crippen LogP contribution < -0.4 is 0 Å². The SMILES string of the molecule is CCOC12CC=CCC(I)(C1)C2. The van der Waals surface area contributed by atoms with Gasteiger partial charge >= 0.3 is 0 Å². The fourth-order valence-corrected chi connectivity index (χ4v) is 4.10. The van der Waals surface area contributed by atoms with Crippen molar-refractivity contribution in [3.8, 4) is 0 Å². The van der Waals surface area contributed by atoms with E-state index in [0.717, 1.165) is 13.0 Å². The Balaban J connectivity index is 2.07. The van der Waals surface area contributed by atoms with Crippen LogP contribution in [0, 0.1) is 0 Å². The Bertz CT molecular complexity index is 204. The number of alkyl halides is 1. The number of allylic oxidation sites excluding steroid dienone is 1. The van der Waals surface area contributed by atoms with Gasteiger partial charge in [-0.1, -0.05) is 34.7 Å². The molecule has 0 N–H and O–H groups in total. The molecule has 0 heterocycles. The summed E-state index contributed by atoms with van der Waals surface area (Å²) < 4.78 is 6.35. The van der Waals surface area contributed by atoms with Gasteiger partial charge in [0.1, 0.15) is 0 Å². The Morgan fingerprint density at radius 2 is 2.00 bits per heavy atom. The second kappa shape index (κ2) is 2.98. The van der Waals surface area contributed by atoms with E-state index in [-0.39, 0.29) is 5.60 Å². The van der Waals surface area contributed by atoms with Crippen molar-refractivity contribution in [1.82, 2.24) is 0 Å². The molecule has 1 nitrogen and oxygen atoms in total. The van der Waals surface area contributed by atoms with Crippen molar-refractivity contribution in [3.63, 3.8) is 0 Å². The molecule has 0 amide bonds. The molecular weight excluding hydrogens is 263 g/mol. The molecule has 68 valence electrons. The van der Waals surface area contributed by atoms with E-state index < -0.39 is 0 Å². The minimum Gasteiger partial charge on any atom is -0.375 e. The predicted octanol–water partition coefficient (Wildman–Crippen LogP) is 3.08. The smallest absolute Gasteiger partial charge is 0.0742 e. The Hall–Kier alpha value is 0.430. The van der Waals surface area contributed by atoms with Crippen LogP contribution in [0.15, 0.2) is 12.2 Å². The van der Waals surface area contributed by atoms with Crippen molar-refractivity contribution >= 4 is 22.6 Å². The molecule has 0 aromatic rings. The van der Waals surface area contributed by atoms with Gasteiger partial charge in [-0.2, -0.15) is 0 Å². The zero-order chi connectivity index (χ0) is 8.66. The van der Waals surface area contributed by atoms with E-state index in [1.54, 1.807) is 0 Å². The third kappa shape index (κ3) is 1.43. The normalized spacial score (nSPS) is 45.2. The standard InChI is InChI=1S/C10H15IO/c1-2-12-10-6-4-3-5-9(11,7-10)8-10/h3-4H,2,5-8H2,1H3. The summed E-state index contributed by atoms with van der Waals surface area (Å²) in [6.07, 6.45) is 9.49. The van der Waals surface area contributed by atoms with Crippen molar-refractivity contribution in [2.24, 2.45) is 0 Å². The highest BCUT2D eigenvalue weighted by Crippen LogP contribution is 2.55. The molecular formula is C10H15IO. The molecule has 12 heavy (non-hydrogen) atoms. The van der Waals surface area contributed by atoms with Crippen LogP contribution in [0.4, 0.5) is 0 Å².